The van der Waals surface area contributed by atoms with Gasteiger partial charge in [0.05, 0.1) is 8.66 Å². The van der Waals surface area contributed by atoms with Crippen LogP contribution < -0.4 is 5.32 Å². The van der Waals surface area contributed by atoms with E-state index in [1.54, 1.807) is 6.07 Å². The third-order valence-corrected chi connectivity index (χ3v) is 4.44. The highest BCUT2D eigenvalue weighted by molar-refractivity contribution is 9.11. The highest BCUT2D eigenvalue weighted by atomic mass is 79.9. The molecular formula is C13H11BrN4OS. The molecule has 0 aliphatic rings. The zero-order chi connectivity index (χ0) is 13.9. The molecule has 0 radical (unpaired) electrons. The van der Waals surface area contributed by atoms with E-state index in [0.717, 1.165) is 15.3 Å². The summed E-state index contributed by atoms with van der Waals surface area (Å²) in [4.78, 5) is 12.6. The maximum Gasteiger partial charge on any atom is 0.261 e. The largest absolute Gasteiger partial charge is 0.351 e. The number of aromatic nitrogens is 3. The van der Waals surface area contributed by atoms with Crippen LogP contribution in [0.15, 0.2) is 40.3 Å². The smallest absolute Gasteiger partial charge is 0.261 e. The predicted molar refractivity (Wildman–Crippen MR) is 81.0 cm³/mol. The minimum Gasteiger partial charge on any atom is -0.351 e. The van der Waals surface area contributed by atoms with E-state index in [1.807, 2.05) is 34.9 Å². The van der Waals surface area contributed by atoms with Crippen molar-refractivity contribution in [3.63, 3.8) is 0 Å². The minimum absolute atomic E-state index is 0.0606. The van der Waals surface area contributed by atoms with Gasteiger partial charge in [-0.25, -0.2) is 0 Å². The van der Waals surface area contributed by atoms with Crippen LogP contribution in [0.25, 0.3) is 5.65 Å². The summed E-state index contributed by atoms with van der Waals surface area (Å²) in [5.74, 6) is 0.780. The number of nitrogens with zero attached hydrogens (tertiary/aromatic N) is 3. The second kappa shape index (κ2) is 5.72. The standard InChI is InChI=1S/C13H11BrN4OS/c14-10-5-4-9(20-10)13(19)15-7-6-12-17-16-11-3-1-2-8-18(11)12/h1-5,8H,6-7H2,(H,15,19). The zero-order valence-electron chi connectivity index (χ0n) is 10.4. The van der Waals surface area contributed by atoms with Gasteiger partial charge in [0, 0.05) is 19.2 Å². The first-order valence-corrected chi connectivity index (χ1v) is 7.67. The molecule has 1 amide bonds. The molecule has 0 saturated heterocycles. The molecule has 0 spiro atoms. The number of rotatable bonds is 4. The first kappa shape index (κ1) is 13.3. The Labute approximate surface area is 127 Å². The Kier molecular flexibility index (Phi) is 3.79. The van der Waals surface area contributed by atoms with E-state index in [2.05, 4.69) is 31.4 Å². The monoisotopic (exact) mass is 350 g/mol. The van der Waals surface area contributed by atoms with Gasteiger partial charge >= 0.3 is 0 Å². The summed E-state index contributed by atoms with van der Waals surface area (Å²) in [7, 11) is 0. The lowest BCUT2D eigenvalue weighted by molar-refractivity contribution is 0.0958. The maximum atomic E-state index is 11.9. The zero-order valence-corrected chi connectivity index (χ0v) is 12.8. The number of amides is 1. The van der Waals surface area contributed by atoms with Crippen molar-refractivity contribution in [1.82, 2.24) is 19.9 Å². The van der Waals surface area contributed by atoms with Crippen LogP contribution in [0.5, 0.6) is 0 Å². The third-order valence-electron chi connectivity index (χ3n) is 2.82. The lowest BCUT2D eigenvalue weighted by atomic mass is 10.3. The molecular weight excluding hydrogens is 340 g/mol. The van der Waals surface area contributed by atoms with Crippen molar-refractivity contribution in [2.45, 2.75) is 6.42 Å². The SMILES string of the molecule is O=C(NCCc1nnc2ccccn12)c1ccc(Br)s1. The molecule has 7 heteroatoms. The van der Waals surface area contributed by atoms with Crippen molar-refractivity contribution in [3.8, 4) is 0 Å². The quantitative estimate of drug-likeness (QED) is 0.786. The molecule has 0 aliphatic heterocycles. The number of halogens is 1. The van der Waals surface area contributed by atoms with Crippen LogP contribution in [0.1, 0.15) is 15.5 Å². The molecule has 0 atom stereocenters. The molecule has 0 aliphatic carbocycles. The van der Waals surface area contributed by atoms with E-state index in [9.17, 15) is 4.79 Å². The molecule has 0 bridgehead atoms. The van der Waals surface area contributed by atoms with Crippen LogP contribution in [0, 0.1) is 0 Å². The molecule has 0 saturated carbocycles. The molecule has 3 aromatic rings. The summed E-state index contributed by atoms with van der Waals surface area (Å²) >= 11 is 4.76. The van der Waals surface area contributed by atoms with Gasteiger partial charge in [-0.2, -0.15) is 0 Å². The molecule has 0 fully saturated rings. The van der Waals surface area contributed by atoms with Gasteiger partial charge in [0.25, 0.3) is 5.91 Å². The van der Waals surface area contributed by atoms with Crippen LogP contribution >= 0.6 is 27.3 Å². The predicted octanol–water partition coefficient (Wildman–Crippen LogP) is 2.53. The Balaban J connectivity index is 1.61. The first-order valence-electron chi connectivity index (χ1n) is 6.06. The molecule has 5 nitrogen and oxygen atoms in total. The van der Waals surface area contributed by atoms with Gasteiger partial charge < -0.3 is 5.32 Å². The normalized spacial score (nSPS) is 10.8. The second-order valence-corrected chi connectivity index (χ2v) is 6.62. The number of nitrogens with one attached hydrogen (secondary N) is 1. The molecule has 3 aromatic heterocycles. The number of pyridine rings is 1. The van der Waals surface area contributed by atoms with Crippen LogP contribution in [-0.2, 0) is 6.42 Å². The molecule has 1 N–H and O–H groups in total. The third kappa shape index (κ3) is 2.73. The fourth-order valence-electron chi connectivity index (χ4n) is 1.87. The first-order chi connectivity index (χ1) is 9.74. The van der Waals surface area contributed by atoms with Gasteiger partial charge in [0.2, 0.25) is 0 Å². The Morgan fingerprint density at radius 2 is 2.20 bits per heavy atom. The number of carbonyl (C=O) groups excluding carboxylic acids is 1. The van der Waals surface area contributed by atoms with Gasteiger partial charge in [-0.15, -0.1) is 21.5 Å². The summed E-state index contributed by atoms with van der Waals surface area (Å²) in [6.45, 7) is 0.532. The highest BCUT2D eigenvalue weighted by Crippen LogP contribution is 2.21. The van der Waals surface area contributed by atoms with Gasteiger partial charge in [0.15, 0.2) is 5.65 Å². The number of hydrogen-bond acceptors (Lipinski definition) is 4. The molecule has 0 aromatic carbocycles. The Morgan fingerprint density at radius 1 is 1.30 bits per heavy atom. The fourth-order valence-corrected chi connectivity index (χ4v) is 3.18. The molecule has 102 valence electrons. The van der Waals surface area contributed by atoms with Crippen LogP contribution in [0.3, 0.4) is 0 Å². The van der Waals surface area contributed by atoms with Crippen molar-refractivity contribution >= 4 is 38.8 Å². The molecule has 3 heterocycles. The van der Waals surface area contributed by atoms with Gasteiger partial charge in [-0.1, -0.05) is 6.07 Å². The van der Waals surface area contributed by atoms with E-state index in [1.165, 1.54) is 11.3 Å². The summed E-state index contributed by atoms with van der Waals surface area (Å²) in [6, 6.07) is 9.42. The topological polar surface area (TPSA) is 59.3 Å². The van der Waals surface area contributed by atoms with Crippen LogP contribution in [0.4, 0.5) is 0 Å². The average molecular weight is 351 g/mol. The molecule has 20 heavy (non-hydrogen) atoms. The van der Waals surface area contributed by atoms with Crippen molar-refractivity contribution in [2.24, 2.45) is 0 Å². The molecule has 3 rings (SSSR count). The van der Waals surface area contributed by atoms with Gasteiger partial charge in [-0.05, 0) is 40.2 Å². The van der Waals surface area contributed by atoms with E-state index < -0.39 is 0 Å². The van der Waals surface area contributed by atoms with Crippen molar-refractivity contribution in [2.75, 3.05) is 6.54 Å². The van der Waals surface area contributed by atoms with Crippen LogP contribution in [-0.4, -0.2) is 27.0 Å². The van der Waals surface area contributed by atoms with Crippen LogP contribution in [0.2, 0.25) is 0 Å². The maximum absolute atomic E-state index is 11.9. The van der Waals surface area contributed by atoms with E-state index in [0.29, 0.717) is 17.8 Å². The summed E-state index contributed by atoms with van der Waals surface area (Å²) in [5, 5.41) is 11.1. The van der Waals surface area contributed by atoms with Crippen molar-refractivity contribution < 1.29 is 4.79 Å². The van der Waals surface area contributed by atoms with E-state index >= 15 is 0 Å². The Hall–Kier alpha value is -1.73. The van der Waals surface area contributed by atoms with E-state index in [-0.39, 0.29) is 5.91 Å². The summed E-state index contributed by atoms with van der Waals surface area (Å²) in [5.41, 5.74) is 0.816. The number of hydrogen-bond donors (Lipinski definition) is 1. The lowest BCUT2D eigenvalue weighted by Crippen LogP contribution is -2.25. The summed E-state index contributed by atoms with van der Waals surface area (Å²) < 4.78 is 2.87. The lowest BCUT2D eigenvalue weighted by Gasteiger charge is -2.02. The molecule has 0 unspecified atom stereocenters. The van der Waals surface area contributed by atoms with Gasteiger partial charge in [0.1, 0.15) is 5.82 Å². The minimum atomic E-state index is -0.0606. The number of thiophene rings is 1. The second-order valence-electron chi connectivity index (χ2n) is 4.15. The average Bonchev–Trinajstić information content (AvgIpc) is 3.06. The highest BCUT2D eigenvalue weighted by Gasteiger charge is 2.09. The number of carbonyl (C=O) groups is 1. The van der Waals surface area contributed by atoms with Gasteiger partial charge in [-0.3, -0.25) is 9.20 Å². The Bertz CT molecular complexity index is 752. The van der Waals surface area contributed by atoms with Crippen molar-refractivity contribution in [3.05, 3.63) is 51.0 Å². The number of fused-ring (bicyclic) bond motifs is 1. The summed E-state index contributed by atoms with van der Waals surface area (Å²) in [6.07, 6.45) is 2.56. The fraction of sp³-hybridized carbons (Fsp3) is 0.154. The van der Waals surface area contributed by atoms with Crippen molar-refractivity contribution in [1.29, 1.82) is 0 Å². The Morgan fingerprint density at radius 3 is 3.00 bits per heavy atom. The van der Waals surface area contributed by atoms with E-state index in [4.69, 9.17) is 0 Å².